The van der Waals surface area contributed by atoms with Gasteiger partial charge in [-0.3, -0.25) is 0 Å². The average molecular weight is 255 g/mol. The van der Waals surface area contributed by atoms with E-state index in [1.54, 1.807) is 12.1 Å². The Morgan fingerprint density at radius 1 is 1.24 bits per heavy atom. The van der Waals surface area contributed by atoms with E-state index in [0.717, 1.165) is 19.5 Å². The van der Waals surface area contributed by atoms with E-state index in [-0.39, 0.29) is 0 Å². The predicted octanol–water partition coefficient (Wildman–Crippen LogP) is 2.19. The van der Waals surface area contributed by atoms with Crippen LogP contribution in [0.25, 0.3) is 0 Å². The van der Waals surface area contributed by atoms with Crippen molar-refractivity contribution in [3.63, 3.8) is 0 Å². The summed E-state index contributed by atoms with van der Waals surface area (Å²) in [5.74, 6) is 0.398. The summed E-state index contributed by atoms with van der Waals surface area (Å²) >= 11 is 0. The van der Waals surface area contributed by atoms with Crippen LogP contribution in [0.3, 0.4) is 0 Å². The standard InChI is InChI=1S/C13H21NO2S/c1-4-9-14-10-11(2)12-5-7-13(8-6-12)17(3,15)16/h5-8,11,14H,4,9-10H2,1-3H3. The third-order valence-corrected chi connectivity index (χ3v) is 3.88. The molecule has 3 nitrogen and oxygen atoms in total. The van der Waals surface area contributed by atoms with Crippen LogP contribution in [0.15, 0.2) is 29.2 Å². The molecule has 1 unspecified atom stereocenters. The van der Waals surface area contributed by atoms with Crippen LogP contribution in [0.4, 0.5) is 0 Å². The minimum Gasteiger partial charge on any atom is -0.316 e. The Bertz CT molecular complexity index is 437. The monoisotopic (exact) mass is 255 g/mol. The topological polar surface area (TPSA) is 46.2 Å². The van der Waals surface area contributed by atoms with Crippen LogP contribution >= 0.6 is 0 Å². The van der Waals surface area contributed by atoms with E-state index in [2.05, 4.69) is 19.2 Å². The van der Waals surface area contributed by atoms with Crippen LogP contribution in [0, 0.1) is 0 Å². The smallest absolute Gasteiger partial charge is 0.175 e. The van der Waals surface area contributed by atoms with Gasteiger partial charge in [0.2, 0.25) is 0 Å². The summed E-state index contributed by atoms with van der Waals surface area (Å²) in [7, 11) is -3.08. The fourth-order valence-electron chi connectivity index (χ4n) is 1.66. The number of nitrogens with one attached hydrogen (secondary N) is 1. The Morgan fingerprint density at radius 2 is 1.82 bits per heavy atom. The zero-order chi connectivity index (χ0) is 12.9. The molecular formula is C13H21NO2S. The summed E-state index contributed by atoms with van der Waals surface area (Å²) in [6, 6.07) is 7.16. The van der Waals surface area contributed by atoms with E-state index < -0.39 is 9.84 Å². The highest BCUT2D eigenvalue weighted by Gasteiger charge is 2.09. The molecule has 17 heavy (non-hydrogen) atoms. The van der Waals surface area contributed by atoms with Gasteiger partial charge in [-0.1, -0.05) is 26.0 Å². The van der Waals surface area contributed by atoms with Crippen molar-refractivity contribution in [1.82, 2.24) is 5.32 Å². The average Bonchev–Trinajstić information content (AvgIpc) is 2.28. The first kappa shape index (κ1) is 14.2. The molecule has 0 fully saturated rings. The van der Waals surface area contributed by atoms with Crippen LogP contribution in [-0.2, 0) is 9.84 Å². The third kappa shape index (κ3) is 4.48. The Labute approximate surface area is 104 Å². The number of sulfone groups is 1. The van der Waals surface area contributed by atoms with E-state index >= 15 is 0 Å². The molecule has 1 rings (SSSR count). The molecule has 0 saturated carbocycles. The Kier molecular flexibility index (Phi) is 5.15. The fraction of sp³-hybridized carbons (Fsp3) is 0.538. The molecule has 4 heteroatoms. The maximum Gasteiger partial charge on any atom is 0.175 e. The summed E-state index contributed by atoms with van der Waals surface area (Å²) < 4.78 is 22.6. The van der Waals surface area contributed by atoms with Crippen molar-refractivity contribution in [2.45, 2.75) is 31.1 Å². The lowest BCUT2D eigenvalue weighted by atomic mass is 10.0. The van der Waals surface area contributed by atoms with Gasteiger partial charge in [-0.2, -0.15) is 0 Å². The van der Waals surface area contributed by atoms with Gasteiger partial charge in [0.15, 0.2) is 9.84 Å². The lowest BCUT2D eigenvalue weighted by molar-refractivity contribution is 0.600. The van der Waals surface area contributed by atoms with Crippen LogP contribution in [0.2, 0.25) is 0 Å². The lowest BCUT2D eigenvalue weighted by Crippen LogP contribution is -2.20. The molecule has 96 valence electrons. The van der Waals surface area contributed by atoms with E-state index in [4.69, 9.17) is 0 Å². The van der Waals surface area contributed by atoms with Crippen molar-refractivity contribution >= 4 is 9.84 Å². The largest absolute Gasteiger partial charge is 0.316 e. The molecule has 0 bridgehead atoms. The first-order valence-electron chi connectivity index (χ1n) is 5.96. The summed E-state index contributed by atoms with van der Waals surface area (Å²) in [6.45, 7) is 6.22. The summed E-state index contributed by atoms with van der Waals surface area (Å²) in [4.78, 5) is 0.384. The SMILES string of the molecule is CCCNCC(C)c1ccc(S(C)(=O)=O)cc1. The molecule has 0 amide bonds. The molecule has 0 heterocycles. The third-order valence-electron chi connectivity index (χ3n) is 2.75. The van der Waals surface area contributed by atoms with Gasteiger partial charge in [0.05, 0.1) is 4.90 Å². The number of benzene rings is 1. The zero-order valence-electron chi connectivity index (χ0n) is 10.7. The molecule has 0 aliphatic heterocycles. The molecule has 1 aromatic rings. The van der Waals surface area contributed by atoms with Gasteiger partial charge in [-0.05, 0) is 36.6 Å². The normalized spacial score (nSPS) is 13.6. The summed E-state index contributed by atoms with van der Waals surface area (Å²) in [6.07, 6.45) is 2.36. The van der Waals surface area contributed by atoms with Crippen molar-refractivity contribution in [3.05, 3.63) is 29.8 Å². The summed E-state index contributed by atoms with van der Waals surface area (Å²) in [5.41, 5.74) is 1.17. The first-order chi connectivity index (χ1) is 7.95. The molecule has 1 aromatic carbocycles. The van der Waals surface area contributed by atoms with Gasteiger partial charge in [0.25, 0.3) is 0 Å². The zero-order valence-corrected chi connectivity index (χ0v) is 11.5. The van der Waals surface area contributed by atoms with Gasteiger partial charge >= 0.3 is 0 Å². The lowest BCUT2D eigenvalue weighted by Gasteiger charge is -2.13. The van der Waals surface area contributed by atoms with Crippen LogP contribution < -0.4 is 5.32 Å². The van der Waals surface area contributed by atoms with E-state index in [1.165, 1.54) is 11.8 Å². The molecule has 1 N–H and O–H groups in total. The highest BCUT2D eigenvalue weighted by molar-refractivity contribution is 7.90. The van der Waals surface area contributed by atoms with E-state index in [1.807, 2.05) is 12.1 Å². The molecular weight excluding hydrogens is 234 g/mol. The Morgan fingerprint density at radius 3 is 2.29 bits per heavy atom. The van der Waals surface area contributed by atoms with Gasteiger partial charge < -0.3 is 5.32 Å². The molecule has 0 aliphatic carbocycles. The van der Waals surface area contributed by atoms with Crippen molar-refractivity contribution in [3.8, 4) is 0 Å². The maximum absolute atomic E-state index is 11.3. The second-order valence-corrected chi connectivity index (χ2v) is 6.46. The van der Waals surface area contributed by atoms with Crippen molar-refractivity contribution < 1.29 is 8.42 Å². The van der Waals surface area contributed by atoms with Crippen molar-refractivity contribution in [1.29, 1.82) is 0 Å². The number of hydrogen-bond acceptors (Lipinski definition) is 3. The van der Waals surface area contributed by atoms with Gasteiger partial charge in [0, 0.05) is 12.8 Å². The van der Waals surface area contributed by atoms with Crippen LogP contribution in [0.5, 0.6) is 0 Å². The van der Waals surface area contributed by atoms with Crippen LogP contribution in [-0.4, -0.2) is 27.8 Å². The van der Waals surface area contributed by atoms with E-state index in [0.29, 0.717) is 10.8 Å². The number of rotatable bonds is 6. The molecule has 0 spiro atoms. The fourth-order valence-corrected chi connectivity index (χ4v) is 2.29. The highest BCUT2D eigenvalue weighted by atomic mass is 32.2. The van der Waals surface area contributed by atoms with Gasteiger partial charge in [-0.15, -0.1) is 0 Å². The molecule has 0 aliphatic rings. The van der Waals surface area contributed by atoms with Crippen LogP contribution in [0.1, 0.15) is 31.7 Å². The molecule has 1 atom stereocenters. The van der Waals surface area contributed by atoms with Gasteiger partial charge in [-0.25, -0.2) is 8.42 Å². The quantitative estimate of drug-likeness (QED) is 0.793. The molecule has 0 saturated heterocycles. The maximum atomic E-state index is 11.3. The minimum atomic E-state index is -3.08. The predicted molar refractivity (Wildman–Crippen MR) is 71.1 cm³/mol. The second kappa shape index (κ2) is 6.17. The first-order valence-corrected chi connectivity index (χ1v) is 7.85. The second-order valence-electron chi connectivity index (χ2n) is 4.45. The Balaban J connectivity index is 2.67. The molecule has 0 aromatic heterocycles. The minimum absolute atomic E-state index is 0.384. The van der Waals surface area contributed by atoms with Crippen molar-refractivity contribution in [2.24, 2.45) is 0 Å². The number of hydrogen-bond donors (Lipinski definition) is 1. The highest BCUT2D eigenvalue weighted by Crippen LogP contribution is 2.17. The van der Waals surface area contributed by atoms with Crippen molar-refractivity contribution in [2.75, 3.05) is 19.3 Å². The Hall–Kier alpha value is -0.870. The van der Waals surface area contributed by atoms with Gasteiger partial charge in [0.1, 0.15) is 0 Å². The summed E-state index contributed by atoms with van der Waals surface area (Å²) in [5, 5.41) is 3.36. The van der Waals surface area contributed by atoms with E-state index in [9.17, 15) is 8.42 Å². The molecule has 0 radical (unpaired) electrons.